The van der Waals surface area contributed by atoms with Crippen LogP contribution in [-0.2, 0) is 24.9 Å². The molecule has 1 amide bonds. The molecule has 2 N–H and O–H groups in total. The van der Waals surface area contributed by atoms with Crippen molar-refractivity contribution in [3.05, 3.63) is 33.5 Å². The molecular weight excluding hydrogens is 372 g/mol. The smallest absolute Gasteiger partial charge is 0.407 e. The van der Waals surface area contributed by atoms with Gasteiger partial charge in [-0.15, -0.1) is 6.58 Å². The molecule has 150 valence electrons. The number of amides is 1. The predicted octanol–water partition coefficient (Wildman–Crippen LogP) is -1.03. The Balaban J connectivity index is 2.17. The number of imidazole rings is 1. The Bertz CT molecular complexity index is 1070. The Labute approximate surface area is 158 Å². The number of hydrogen-bond acceptors (Lipinski definition) is 6. The highest BCUT2D eigenvalue weighted by molar-refractivity contribution is 5.75. The zero-order valence-electron chi connectivity index (χ0n) is 15.2. The summed E-state index contributed by atoms with van der Waals surface area (Å²) in [7, 11) is 1.42. The lowest BCUT2D eigenvalue weighted by Crippen LogP contribution is -2.49. The van der Waals surface area contributed by atoms with Crippen LogP contribution < -0.4 is 16.1 Å². The summed E-state index contributed by atoms with van der Waals surface area (Å²) in [5, 5.41) is 18.1. The fourth-order valence-corrected chi connectivity index (χ4v) is 3.28. The number of aliphatic carboxylic acids is 1. The number of anilines is 1. The third-order valence-corrected chi connectivity index (χ3v) is 4.65. The third kappa shape index (κ3) is 3.12. The summed E-state index contributed by atoms with van der Waals surface area (Å²) in [5.41, 5.74) is -1.29. The first-order chi connectivity index (χ1) is 13.3. The van der Waals surface area contributed by atoms with Crippen LogP contribution in [0, 0.1) is 0 Å². The van der Waals surface area contributed by atoms with Crippen LogP contribution in [0.2, 0.25) is 0 Å². The summed E-state index contributed by atoms with van der Waals surface area (Å²) in [4.78, 5) is 55.0. The van der Waals surface area contributed by atoms with Gasteiger partial charge in [0.25, 0.3) is 5.56 Å². The Kier molecular flexibility index (Phi) is 4.94. The quantitative estimate of drug-likeness (QED) is 0.615. The highest BCUT2D eigenvalue weighted by atomic mass is 16.4. The molecule has 2 aromatic heterocycles. The molecule has 28 heavy (non-hydrogen) atoms. The van der Waals surface area contributed by atoms with Crippen molar-refractivity contribution in [2.75, 3.05) is 31.1 Å². The summed E-state index contributed by atoms with van der Waals surface area (Å²) >= 11 is 0. The Morgan fingerprint density at radius 1 is 1.14 bits per heavy atom. The Hall–Kier alpha value is -3.57. The van der Waals surface area contributed by atoms with E-state index in [2.05, 4.69) is 11.6 Å². The minimum Gasteiger partial charge on any atom is -0.480 e. The summed E-state index contributed by atoms with van der Waals surface area (Å²) in [6, 6.07) is 0. The van der Waals surface area contributed by atoms with Gasteiger partial charge in [0.1, 0.15) is 6.54 Å². The van der Waals surface area contributed by atoms with E-state index in [9.17, 15) is 19.2 Å². The van der Waals surface area contributed by atoms with E-state index in [1.54, 1.807) is 10.6 Å². The molecule has 0 spiro atoms. The topological polar surface area (TPSA) is 143 Å². The van der Waals surface area contributed by atoms with Gasteiger partial charge in [-0.25, -0.2) is 14.2 Å². The molecule has 0 atom stereocenters. The van der Waals surface area contributed by atoms with Gasteiger partial charge < -0.3 is 24.6 Å². The molecule has 0 bridgehead atoms. The van der Waals surface area contributed by atoms with Gasteiger partial charge in [-0.1, -0.05) is 6.08 Å². The van der Waals surface area contributed by atoms with Crippen molar-refractivity contribution in [1.82, 2.24) is 23.6 Å². The van der Waals surface area contributed by atoms with E-state index in [1.165, 1.54) is 11.9 Å². The minimum atomic E-state index is -1.31. The van der Waals surface area contributed by atoms with Gasteiger partial charge in [0, 0.05) is 39.8 Å². The molecule has 1 fully saturated rings. The molecule has 0 aromatic carbocycles. The van der Waals surface area contributed by atoms with Crippen LogP contribution in [0.25, 0.3) is 11.2 Å². The van der Waals surface area contributed by atoms with Gasteiger partial charge in [0.15, 0.2) is 11.2 Å². The van der Waals surface area contributed by atoms with Gasteiger partial charge in [0.05, 0.1) is 0 Å². The number of aromatic nitrogens is 4. The number of aryl methyl sites for hydroxylation is 1. The van der Waals surface area contributed by atoms with Crippen molar-refractivity contribution in [3.63, 3.8) is 0 Å². The molecule has 3 rings (SSSR count). The van der Waals surface area contributed by atoms with Gasteiger partial charge in [-0.2, -0.15) is 4.98 Å². The number of carboxylic acids is 1. The molecule has 0 aliphatic carbocycles. The summed E-state index contributed by atoms with van der Waals surface area (Å²) in [6.45, 7) is 4.41. The van der Waals surface area contributed by atoms with E-state index in [1.807, 2.05) is 4.90 Å². The minimum absolute atomic E-state index is 0.0962. The second-order valence-corrected chi connectivity index (χ2v) is 6.37. The largest absolute Gasteiger partial charge is 0.480 e. The van der Waals surface area contributed by atoms with E-state index in [-0.39, 0.29) is 30.8 Å². The first kappa shape index (κ1) is 19.2. The molecule has 12 nitrogen and oxygen atoms in total. The number of carbonyl (C=O) groups is 2. The number of allylic oxidation sites excluding steroid dienone is 1. The van der Waals surface area contributed by atoms with E-state index in [4.69, 9.17) is 10.2 Å². The second-order valence-electron chi connectivity index (χ2n) is 6.37. The van der Waals surface area contributed by atoms with Crippen LogP contribution in [-0.4, -0.2) is 72.0 Å². The van der Waals surface area contributed by atoms with Crippen molar-refractivity contribution >= 4 is 29.2 Å². The molecule has 3 heterocycles. The summed E-state index contributed by atoms with van der Waals surface area (Å²) in [6.07, 6.45) is 0.558. The highest BCUT2D eigenvalue weighted by Crippen LogP contribution is 2.21. The molecule has 0 unspecified atom stereocenters. The van der Waals surface area contributed by atoms with Gasteiger partial charge in [-0.3, -0.25) is 14.2 Å². The predicted molar refractivity (Wildman–Crippen MR) is 98.9 cm³/mol. The standard InChI is InChI=1S/C16H20N6O6/c1-3-4-21-11-12(18(2)15(26)22(13(11)25)9-10(23)24)17-14(21)19-5-7-20(8-6-19)16(27)28/h3H,1,4-9H2,2H3,(H,23,24)(H,27,28). The number of carboxylic acid groups (broad SMARTS) is 2. The van der Waals surface area contributed by atoms with Crippen molar-refractivity contribution < 1.29 is 19.8 Å². The average Bonchev–Trinajstić information content (AvgIpc) is 3.03. The van der Waals surface area contributed by atoms with E-state index >= 15 is 0 Å². The van der Waals surface area contributed by atoms with Crippen LogP contribution in [0.4, 0.5) is 10.7 Å². The third-order valence-electron chi connectivity index (χ3n) is 4.65. The SMILES string of the molecule is C=CCn1c(N2CCN(C(=O)O)CC2)nc2c1c(=O)n(CC(=O)O)c(=O)n2C. The van der Waals surface area contributed by atoms with Crippen LogP contribution in [0.15, 0.2) is 22.2 Å². The number of nitrogens with zero attached hydrogens (tertiary/aromatic N) is 6. The molecule has 1 aliphatic rings. The molecule has 1 saturated heterocycles. The van der Waals surface area contributed by atoms with Crippen molar-refractivity contribution in [2.24, 2.45) is 7.05 Å². The maximum Gasteiger partial charge on any atom is 0.407 e. The van der Waals surface area contributed by atoms with Crippen LogP contribution in [0.1, 0.15) is 0 Å². The Morgan fingerprint density at radius 2 is 1.79 bits per heavy atom. The second kappa shape index (κ2) is 7.21. The fraction of sp³-hybridized carbons (Fsp3) is 0.438. The zero-order chi connectivity index (χ0) is 20.6. The van der Waals surface area contributed by atoms with Gasteiger partial charge >= 0.3 is 17.8 Å². The Morgan fingerprint density at radius 3 is 2.32 bits per heavy atom. The molecule has 0 saturated carbocycles. The molecular formula is C16H20N6O6. The van der Waals surface area contributed by atoms with E-state index in [0.717, 1.165) is 4.57 Å². The van der Waals surface area contributed by atoms with Gasteiger partial charge in [0.2, 0.25) is 5.95 Å². The molecule has 1 aliphatic heterocycles. The first-order valence-corrected chi connectivity index (χ1v) is 8.51. The first-order valence-electron chi connectivity index (χ1n) is 8.51. The molecule has 0 radical (unpaired) electrons. The molecule has 12 heteroatoms. The monoisotopic (exact) mass is 392 g/mol. The lowest BCUT2D eigenvalue weighted by atomic mass is 10.3. The van der Waals surface area contributed by atoms with Gasteiger partial charge in [-0.05, 0) is 0 Å². The summed E-state index contributed by atoms with van der Waals surface area (Å²) < 4.78 is 3.35. The maximum absolute atomic E-state index is 12.9. The number of hydrogen-bond donors (Lipinski definition) is 2. The maximum atomic E-state index is 12.9. The van der Waals surface area contributed by atoms with E-state index < -0.39 is 29.9 Å². The van der Waals surface area contributed by atoms with Crippen molar-refractivity contribution in [1.29, 1.82) is 0 Å². The highest BCUT2D eigenvalue weighted by Gasteiger charge is 2.27. The lowest BCUT2D eigenvalue weighted by Gasteiger charge is -2.33. The molecule has 2 aromatic rings. The van der Waals surface area contributed by atoms with Crippen LogP contribution in [0.3, 0.4) is 0 Å². The van der Waals surface area contributed by atoms with Crippen molar-refractivity contribution in [3.8, 4) is 0 Å². The van der Waals surface area contributed by atoms with Crippen LogP contribution >= 0.6 is 0 Å². The fourth-order valence-electron chi connectivity index (χ4n) is 3.28. The van der Waals surface area contributed by atoms with Crippen molar-refractivity contribution in [2.45, 2.75) is 13.1 Å². The van der Waals surface area contributed by atoms with Crippen LogP contribution in [0.5, 0.6) is 0 Å². The summed E-state index contributed by atoms with van der Waals surface area (Å²) in [5.74, 6) is -0.904. The number of piperazine rings is 1. The average molecular weight is 392 g/mol. The zero-order valence-corrected chi connectivity index (χ0v) is 15.2. The lowest BCUT2D eigenvalue weighted by molar-refractivity contribution is -0.137. The normalized spacial score (nSPS) is 14.5. The van der Waals surface area contributed by atoms with E-state index in [0.29, 0.717) is 23.6 Å². The number of rotatable bonds is 5. The number of fused-ring (bicyclic) bond motifs is 1.